The molecule has 0 aromatic rings. The Morgan fingerprint density at radius 2 is 2.21 bits per heavy atom. The zero-order valence-corrected chi connectivity index (χ0v) is 12.5. The molecule has 0 aliphatic carbocycles. The molecule has 2 atom stereocenters. The molecule has 2 heterocycles. The Hall–Kier alpha value is -0.610. The maximum Gasteiger partial charge on any atom is 0.222 e. The van der Waals surface area contributed by atoms with Gasteiger partial charge in [0.1, 0.15) is 0 Å². The van der Waals surface area contributed by atoms with E-state index in [1.807, 2.05) is 0 Å². The van der Waals surface area contributed by atoms with Gasteiger partial charge in [0.2, 0.25) is 5.91 Å². The van der Waals surface area contributed by atoms with Crippen LogP contribution in [-0.2, 0) is 4.79 Å². The van der Waals surface area contributed by atoms with Crippen molar-refractivity contribution in [3.05, 3.63) is 0 Å². The molecule has 110 valence electrons. The molecular formula is C15H29N3O. The Balaban J connectivity index is 1.73. The number of amides is 1. The fourth-order valence-corrected chi connectivity index (χ4v) is 3.27. The predicted molar refractivity (Wildman–Crippen MR) is 78.1 cm³/mol. The molecule has 0 aromatic carbocycles. The number of carbonyl (C=O) groups excluding carboxylic acids is 1. The molecule has 4 heteroatoms. The SMILES string of the molecule is CCC1CN(C(=O)CCC2CCCNC2)CCN1C. The van der Waals surface area contributed by atoms with Gasteiger partial charge in [-0.05, 0) is 51.7 Å². The van der Waals surface area contributed by atoms with Gasteiger partial charge in [0.05, 0.1) is 0 Å². The van der Waals surface area contributed by atoms with Crippen molar-refractivity contribution in [2.75, 3.05) is 39.8 Å². The van der Waals surface area contributed by atoms with Crippen LogP contribution in [-0.4, -0.2) is 61.5 Å². The summed E-state index contributed by atoms with van der Waals surface area (Å²) in [7, 11) is 2.17. The third-order valence-electron chi connectivity index (χ3n) is 4.77. The van der Waals surface area contributed by atoms with Crippen molar-refractivity contribution in [2.24, 2.45) is 5.92 Å². The van der Waals surface area contributed by atoms with Gasteiger partial charge in [0, 0.05) is 32.1 Å². The van der Waals surface area contributed by atoms with Crippen LogP contribution in [0.3, 0.4) is 0 Å². The van der Waals surface area contributed by atoms with Gasteiger partial charge in [-0.25, -0.2) is 0 Å². The Kier molecular flexibility index (Phi) is 5.64. The fourth-order valence-electron chi connectivity index (χ4n) is 3.27. The lowest BCUT2D eigenvalue weighted by Gasteiger charge is -2.39. The lowest BCUT2D eigenvalue weighted by atomic mass is 9.94. The largest absolute Gasteiger partial charge is 0.340 e. The number of nitrogens with zero attached hydrogens (tertiary/aromatic N) is 2. The van der Waals surface area contributed by atoms with Gasteiger partial charge in [-0.15, -0.1) is 0 Å². The van der Waals surface area contributed by atoms with E-state index < -0.39 is 0 Å². The van der Waals surface area contributed by atoms with E-state index in [4.69, 9.17) is 0 Å². The monoisotopic (exact) mass is 267 g/mol. The first-order chi connectivity index (χ1) is 9.20. The van der Waals surface area contributed by atoms with Gasteiger partial charge in [-0.2, -0.15) is 0 Å². The quantitative estimate of drug-likeness (QED) is 0.834. The molecule has 0 saturated carbocycles. The van der Waals surface area contributed by atoms with Crippen molar-refractivity contribution in [3.63, 3.8) is 0 Å². The highest BCUT2D eigenvalue weighted by Crippen LogP contribution is 2.18. The molecule has 0 radical (unpaired) electrons. The number of hydrogen-bond acceptors (Lipinski definition) is 3. The van der Waals surface area contributed by atoms with Crippen molar-refractivity contribution < 1.29 is 4.79 Å². The first kappa shape index (κ1) is 14.8. The number of piperidine rings is 1. The summed E-state index contributed by atoms with van der Waals surface area (Å²) in [5.74, 6) is 1.09. The first-order valence-corrected chi connectivity index (χ1v) is 7.89. The summed E-state index contributed by atoms with van der Waals surface area (Å²) in [4.78, 5) is 16.8. The Morgan fingerprint density at radius 1 is 1.37 bits per heavy atom. The van der Waals surface area contributed by atoms with Gasteiger partial charge in [0.15, 0.2) is 0 Å². The summed E-state index contributed by atoms with van der Waals surface area (Å²) in [6.45, 7) is 7.33. The smallest absolute Gasteiger partial charge is 0.222 e. The molecule has 4 nitrogen and oxygen atoms in total. The average Bonchev–Trinajstić information content (AvgIpc) is 2.46. The Morgan fingerprint density at radius 3 is 2.89 bits per heavy atom. The van der Waals surface area contributed by atoms with Crippen LogP contribution in [0.2, 0.25) is 0 Å². The Labute approximate surface area is 117 Å². The highest BCUT2D eigenvalue weighted by atomic mass is 16.2. The molecule has 2 fully saturated rings. The summed E-state index contributed by atoms with van der Waals surface area (Å²) < 4.78 is 0. The molecule has 0 spiro atoms. The Bertz CT molecular complexity index is 289. The summed E-state index contributed by atoms with van der Waals surface area (Å²) in [5, 5.41) is 3.43. The maximum absolute atomic E-state index is 12.3. The highest BCUT2D eigenvalue weighted by molar-refractivity contribution is 5.76. The third kappa shape index (κ3) is 4.18. The van der Waals surface area contributed by atoms with Crippen LogP contribution in [0, 0.1) is 5.92 Å². The van der Waals surface area contributed by atoms with Crippen LogP contribution in [0.5, 0.6) is 0 Å². The van der Waals surface area contributed by atoms with Crippen LogP contribution < -0.4 is 5.32 Å². The number of piperazine rings is 1. The van der Waals surface area contributed by atoms with Crippen molar-refractivity contribution in [1.82, 2.24) is 15.1 Å². The van der Waals surface area contributed by atoms with Crippen LogP contribution in [0.25, 0.3) is 0 Å². The van der Waals surface area contributed by atoms with Gasteiger partial charge in [-0.3, -0.25) is 9.69 Å². The standard InChI is InChI=1S/C15H29N3O/c1-3-14-12-18(10-9-17(14)2)15(19)7-6-13-5-4-8-16-11-13/h13-14,16H,3-12H2,1-2H3. The number of hydrogen-bond donors (Lipinski definition) is 1. The van der Waals surface area contributed by atoms with E-state index in [1.165, 1.54) is 12.8 Å². The zero-order chi connectivity index (χ0) is 13.7. The summed E-state index contributed by atoms with van der Waals surface area (Å²) in [6.07, 6.45) is 5.50. The van der Waals surface area contributed by atoms with E-state index in [1.54, 1.807) is 0 Å². The van der Waals surface area contributed by atoms with Crippen molar-refractivity contribution in [3.8, 4) is 0 Å². The van der Waals surface area contributed by atoms with E-state index in [9.17, 15) is 4.79 Å². The van der Waals surface area contributed by atoms with Crippen LogP contribution in [0.4, 0.5) is 0 Å². The lowest BCUT2D eigenvalue weighted by molar-refractivity contribution is -0.134. The normalized spacial score (nSPS) is 29.5. The summed E-state index contributed by atoms with van der Waals surface area (Å²) in [5.41, 5.74) is 0. The number of rotatable bonds is 4. The molecule has 0 aromatic heterocycles. The molecule has 1 amide bonds. The van der Waals surface area contributed by atoms with Crippen molar-refractivity contribution in [2.45, 2.75) is 45.1 Å². The minimum absolute atomic E-state index is 0.372. The molecule has 2 rings (SSSR count). The van der Waals surface area contributed by atoms with Crippen LogP contribution in [0.15, 0.2) is 0 Å². The maximum atomic E-state index is 12.3. The number of likely N-dealkylation sites (N-methyl/N-ethyl adjacent to an activating group) is 1. The molecule has 2 unspecified atom stereocenters. The minimum atomic E-state index is 0.372. The second kappa shape index (κ2) is 7.25. The zero-order valence-electron chi connectivity index (χ0n) is 12.5. The molecule has 1 N–H and O–H groups in total. The van der Waals surface area contributed by atoms with E-state index in [0.29, 0.717) is 17.9 Å². The number of carbonyl (C=O) groups is 1. The highest BCUT2D eigenvalue weighted by Gasteiger charge is 2.26. The molecule has 2 aliphatic heterocycles. The fraction of sp³-hybridized carbons (Fsp3) is 0.933. The molecular weight excluding hydrogens is 238 g/mol. The van der Waals surface area contributed by atoms with E-state index in [2.05, 4.69) is 29.1 Å². The van der Waals surface area contributed by atoms with Crippen molar-refractivity contribution >= 4 is 5.91 Å². The van der Waals surface area contributed by atoms with Gasteiger partial charge in [-0.1, -0.05) is 6.92 Å². The average molecular weight is 267 g/mol. The van der Waals surface area contributed by atoms with E-state index >= 15 is 0 Å². The van der Waals surface area contributed by atoms with Gasteiger partial charge in [0.25, 0.3) is 0 Å². The first-order valence-electron chi connectivity index (χ1n) is 7.89. The number of nitrogens with one attached hydrogen (secondary N) is 1. The van der Waals surface area contributed by atoms with Gasteiger partial charge >= 0.3 is 0 Å². The van der Waals surface area contributed by atoms with E-state index in [-0.39, 0.29) is 0 Å². The third-order valence-corrected chi connectivity index (χ3v) is 4.77. The molecule has 19 heavy (non-hydrogen) atoms. The van der Waals surface area contributed by atoms with Crippen LogP contribution in [0.1, 0.15) is 39.0 Å². The second-order valence-corrected chi connectivity index (χ2v) is 6.13. The summed E-state index contributed by atoms with van der Waals surface area (Å²) in [6, 6.07) is 0.550. The summed E-state index contributed by atoms with van der Waals surface area (Å²) >= 11 is 0. The van der Waals surface area contributed by atoms with E-state index in [0.717, 1.165) is 52.0 Å². The molecule has 2 aliphatic rings. The lowest BCUT2D eigenvalue weighted by Crippen LogP contribution is -2.53. The second-order valence-electron chi connectivity index (χ2n) is 6.13. The topological polar surface area (TPSA) is 35.6 Å². The molecule has 0 bridgehead atoms. The van der Waals surface area contributed by atoms with Crippen LogP contribution >= 0.6 is 0 Å². The van der Waals surface area contributed by atoms with Gasteiger partial charge < -0.3 is 10.2 Å². The molecule has 2 saturated heterocycles. The minimum Gasteiger partial charge on any atom is -0.340 e. The van der Waals surface area contributed by atoms with Crippen molar-refractivity contribution in [1.29, 1.82) is 0 Å². The predicted octanol–water partition coefficient (Wildman–Crippen LogP) is 1.32.